The molecule has 2 aromatic carbocycles. The first-order chi connectivity index (χ1) is 11.6. The fraction of sp³-hybridized carbons (Fsp3) is 0.222. The summed E-state index contributed by atoms with van der Waals surface area (Å²) >= 11 is 0. The number of benzene rings is 2. The number of hydrogen-bond donors (Lipinski definition) is 1. The molecule has 0 atom stereocenters. The van der Waals surface area contributed by atoms with Crippen LogP contribution in [0.4, 0.5) is 16.2 Å². The van der Waals surface area contributed by atoms with Crippen LogP contribution < -0.4 is 10.3 Å². The van der Waals surface area contributed by atoms with E-state index in [0.29, 0.717) is 5.56 Å². The Kier molecular flexibility index (Phi) is 4.37. The van der Waals surface area contributed by atoms with Crippen LogP contribution in [-0.2, 0) is 4.74 Å². The van der Waals surface area contributed by atoms with Gasteiger partial charge in [0.2, 0.25) is 0 Å². The van der Waals surface area contributed by atoms with Crippen molar-refractivity contribution in [2.45, 2.75) is 13.8 Å². The Hall–Kier alpha value is -3.02. The van der Waals surface area contributed by atoms with Crippen molar-refractivity contribution in [3.8, 4) is 0 Å². The number of hydrazine groups is 1. The van der Waals surface area contributed by atoms with Crippen LogP contribution in [-0.4, -0.2) is 30.3 Å². The zero-order valence-electron chi connectivity index (χ0n) is 13.7. The minimum Gasteiger partial charge on any atom is -0.449 e. The van der Waals surface area contributed by atoms with Crippen molar-refractivity contribution in [1.29, 1.82) is 0 Å². The van der Waals surface area contributed by atoms with Crippen molar-refractivity contribution >= 4 is 23.4 Å². The highest BCUT2D eigenvalue weighted by atomic mass is 16.6. The first-order valence-corrected chi connectivity index (χ1v) is 7.78. The molecule has 124 valence electrons. The second-order valence-corrected chi connectivity index (χ2v) is 5.49. The fourth-order valence-corrected chi connectivity index (χ4v) is 2.62. The Bertz CT molecular complexity index is 758. The van der Waals surface area contributed by atoms with Crippen LogP contribution in [0.1, 0.15) is 22.8 Å². The molecule has 0 fully saturated rings. The van der Waals surface area contributed by atoms with Crippen LogP contribution >= 0.6 is 0 Å². The molecule has 0 aliphatic carbocycles. The van der Waals surface area contributed by atoms with E-state index in [1.165, 1.54) is 5.01 Å². The molecule has 0 saturated heterocycles. The van der Waals surface area contributed by atoms with E-state index in [-0.39, 0.29) is 19.2 Å². The normalized spacial score (nSPS) is 13.5. The van der Waals surface area contributed by atoms with Crippen molar-refractivity contribution in [3.05, 3.63) is 59.7 Å². The van der Waals surface area contributed by atoms with Crippen LogP contribution in [0, 0.1) is 6.92 Å². The summed E-state index contributed by atoms with van der Waals surface area (Å²) in [6.45, 7) is 4.18. The van der Waals surface area contributed by atoms with E-state index in [1.54, 1.807) is 19.1 Å². The lowest BCUT2D eigenvalue weighted by molar-refractivity contribution is 0.0603. The van der Waals surface area contributed by atoms with Gasteiger partial charge in [-0.25, -0.2) is 15.2 Å². The van der Waals surface area contributed by atoms with Crippen LogP contribution in [0.2, 0.25) is 0 Å². The molecule has 1 N–H and O–H groups in total. The number of carbonyl (C=O) groups excluding carboxylic acids is 2. The van der Waals surface area contributed by atoms with Gasteiger partial charge in [0.1, 0.15) is 6.67 Å². The minimum atomic E-state index is -0.644. The molecule has 0 aromatic heterocycles. The molecule has 24 heavy (non-hydrogen) atoms. The highest BCUT2D eigenvalue weighted by molar-refractivity contribution is 6.03. The number of ether oxygens (including phenoxy) is 1. The summed E-state index contributed by atoms with van der Waals surface area (Å²) in [4.78, 5) is 26.3. The molecule has 0 unspecified atom stereocenters. The first-order valence-electron chi connectivity index (χ1n) is 7.78. The summed E-state index contributed by atoms with van der Waals surface area (Å²) in [6, 6.07) is 15.3. The van der Waals surface area contributed by atoms with E-state index in [4.69, 9.17) is 4.74 Å². The number of amides is 2. The third kappa shape index (κ3) is 3.03. The Morgan fingerprint density at radius 2 is 1.88 bits per heavy atom. The molecule has 2 amide bonds. The molecule has 1 heterocycles. The van der Waals surface area contributed by atoms with Crippen molar-refractivity contribution in [2.24, 2.45) is 0 Å². The number of hydrogen-bond acceptors (Lipinski definition) is 4. The molecule has 6 heteroatoms. The summed E-state index contributed by atoms with van der Waals surface area (Å²) < 4.78 is 4.88. The Morgan fingerprint density at radius 1 is 1.17 bits per heavy atom. The lowest BCUT2D eigenvalue weighted by Crippen LogP contribution is -2.53. The van der Waals surface area contributed by atoms with Gasteiger partial charge in [-0.3, -0.25) is 4.79 Å². The highest BCUT2D eigenvalue weighted by Gasteiger charge is 2.31. The van der Waals surface area contributed by atoms with Crippen molar-refractivity contribution in [1.82, 2.24) is 10.4 Å². The van der Waals surface area contributed by atoms with E-state index < -0.39 is 6.09 Å². The Balaban J connectivity index is 1.96. The molecule has 0 radical (unpaired) electrons. The zero-order valence-corrected chi connectivity index (χ0v) is 13.7. The van der Waals surface area contributed by atoms with Gasteiger partial charge in [0.25, 0.3) is 5.91 Å². The average Bonchev–Trinajstić information content (AvgIpc) is 2.59. The summed E-state index contributed by atoms with van der Waals surface area (Å²) in [5.74, 6) is -0.262. The lowest BCUT2D eigenvalue weighted by atomic mass is 10.1. The van der Waals surface area contributed by atoms with Gasteiger partial charge >= 0.3 is 6.09 Å². The second kappa shape index (κ2) is 6.62. The minimum absolute atomic E-state index is 0.206. The number of rotatable bonds is 3. The van der Waals surface area contributed by atoms with Gasteiger partial charge in [0, 0.05) is 5.69 Å². The third-order valence-electron chi connectivity index (χ3n) is 3.80. The van der Waals surface area contributed by atoms with Gasteiger partial charge in [-0.05, 0) is 38.1 Å². The molecule has 2 aromatic rings. The number of nitrogens with zero attached hydrogens (tertiary/aromatic N) is 2. The van der Waals surface area contributed by atoms with E-state index in [0.717, 1.165) is 16.9 Å². The molecule has 0 bridgehead atoms. The Labute approximate surface area is 140 Å². The maximum atomic E-state index is 12.6. The maximum absolute atomic E-state index is 12.6. The summed E-state index contributed by atoms with van der Waals surface area (Å²) in [5, 5.41) is 1.26. The van der Waals surface area contributed by atoms with Crippen LogP contribution in [0.15, 0.2) is 48.5 Å². The van der Waals surface area contributed by atoms with Crippen LogP contribution in [0.5, 0.6) is 0 Å². The quantitative estimate of drug-likeness (QED) is 0.941. The van der Waals surface area contributed by atoms with Gasteiger partial charge < -0.3 is 9.64 Å². The summed E-state index contributed by atoms with van der Waals surface area (Å²) in [5.41, 5.74) is 5.94. The predicted octanol–water partition coefficient (Wildman–Crippen LogP) is 3.21. The standard InChI is InChI=1S/C18H19N3O3/c1-3-24-18(23)19-21-12-20(14-10-8-13(2)9-11-14)16-7-5-4-6-15(16)17(21)22/h4-11H,3,12H2,1-2H3,(H,19,23). The van der Waals surface area contributed by atoms with Gasteiger partial charge in [-0.2, -0.15) is 0 Å². The van der Waals surface area contributed by atoms with Crippen molar-refractivity contribution in [3.63, 3.8) is 0 Å². The molecule has 1 aliphatic rings. The summed E-state index contributed by atoms with van der Waals surface area (Å²) in [7, 11) is 0. The zero-order chi connectivity index (χ0) is 17.1. The maximum Gasteiger partial charge on any atom is 0.426 e. The van der Waals surface area contributed by atoms with E-state index in [2.05, 4.69) is 5.43 Å². The molecule has 6 nitrogen and oxygen atoms in total. The Morgan fingerprint density at radius 3 is 2.58 bits per heavy atom. The van der Waals surface area contributed by atoms with Crippen molar-refractivity contribution < 1.29 is 14.3 Å². The highest BCUT2D eigenvalue weighted by Crippen LogP contribution is 2.32. The van der Waals surface area contributed by atoms with Gasteiger partial charge in [-0.15, -0.1) is 0 Å². The van der Waals surface area contributed by atoms with E-state index in [1.807, 2.05) is 48.2 Å². The SMILES string of the molecule is CCOC(=O)NN1CN(c2ccc(C)cc2)c2ccccc2C1=O. The van der Waals surface area contributed by atoms with Crippen LogP contribution in [0.3, 0.4) is 0 Å². The van der Waals surface area contributed by atoms with Crippen molar-refractivity contribution in [2.75, 3.05) is 18.2 Å². The van der Waals surface area contributed by atoms with Crippen LogP contribution in [0.25, 0.3) is 0 Å². The van der Waals surface area contributed by atoms with Gasteiger partial charge in [0.05, 0.1) is 17.9 Å². The van der Waals surface area contributed by atoms with E-state index in [9.17, 15) is 9.59 Å². The number of nitrogens with one attached hydrogen (secondary N) is 1. The smallest absolute Gasteiger partial charge is 0.426 e. The average molecular weight is 325 g/mol. The number of fused-ring (bicyclic) bond motifs is 1. The number of anilines is 2. The number of aryl methyl sites for hydroxylation is 1. The first kappa shape index (κ1) is 15.9. The molecular formula is C18H19N3O3. The van der Waals surface area contributed by atoms with Gasteiger partial charge in [0.15, 0.2) is 0 Å². The molecular weight excluding hydrogens is 306 g/mol. The molecule has 0 saturated carbocycles. The molecule has 0 spiro atoms. The monoisotopic (exact) mass is 325 g/mol. The summed E-state index contributed by atoms with van der Waals surface area (Å²) in [6.07, 6.45) is -0.644. The fourth-order valence-electron chi connectivity index (χ4n) is 2.62. The molecule has 3 rings (SSSR count). The van der Waals surface area contributed by atoms with E-state index >= 15 is 0 Å². The van der Waals surface area contributed by atoms with Gasteiger partial charge in [-0.1, -0.05) is 29.8 Å². The number of carbonyl (C=O) groups is 2. The largest absolute Gasteiger partial charge is 0.449 e. The third-order valence-corrected chi connectivity index (χ3v) is 3.80. The topological polar surface area (TPSA) is 61.9 Å². The predicted molar refractivity (Wildman–Crippen MR) is 91.0 cm³/mol. The molecule has 1 aliphatic heterocycles. The number of para-hydroxylation sites is 1. The lowest BCUT2D eigenvalue weighted by Gasteiger charge is -2.37. The second-order valence-electron chi connectivity index (χ2n) is 5.49.